The van der Waals surface area contributed by atoms with Crippen LogP contribution in [0.3, 0.4) is 0 Å². The Morgan fingerprint density at radius 3 is 2.71 bits per heavy atom. The molecule has 3 atom stereocenters. The van der Waals surface area contributed by atoms with Crippen LogP contribution in [0.4, 0.5) is 0 Å². The second-order valence-corrected chi connectivity index (χ2v) is 4.90. The number of hydrogen-bond donors (Lipinski definition) is 2. The highest BCUT2D eigenvalue weighted by atomic mass is 16.4. The van der Waals surface area contributed by atoms with Gasteiger partial charge in [0, 0.05) is 6.04 Å². The van der Waals surface area contributed by atoms with E-state index in [9.17, 15) is 9.59 Å². The van der Waals surface area contributed by atoms with Crippen molar-refractivity contribution in [2.24, 2.45) is 5.92 Å². The predicted molar refractivity (Wildman–Crippen MR) is 64.7 cm³/mol. The van der Waals surface area contributed by atoms with Gasteiger partial charge in [0.1, 0.15) is 6.04 Å². The van der Waals surface area contributed by atoms with Gasteiger partial charge in [0.25, 0.3) is 0 Å². The van der Waals surface area contributed by atoms with E-state index in [-0.39, 0.29) is 24.4 Å². The average molecular weight is 242 g/mol. The van der Waals surface area contributed by atoms with Gasteiger partial charge >= 0.3 is 5.97 Å². The highest BCUT2D eigenvalue weighted by Crippen LogP contribution is 2.23. The molecule has 1 aliphatic rings. The van der Waals surface area contributed by atoms with Gasteiger partial charge < -0.3 is 10.4 Å². The van der Waals surface area contributed by atoms with E-state index < -0.39 is 12.0 Å². The van der Waals surface area contributed by atoms with E-state index in [4.69, 9.17) is 5.11 Å². The van der Waals surface area contributed by atoms with E-state index in [0.29, 0.717) is 6.54 Å². The molecule has 17 heavy (non-hydrogen) atoms. The van der Waals surface area contributed by atoms with Gasteiger partial charge in [-0.1, -0.05) is 13.8 Å². The largest absolute Gasteiger partial charge is 0.480 e. The lowest BCUT2D eigenvalue weighted by atomic mass is 10.0. The summed E-state index contributed by atoms with van der Waals surface area (Å²) in [6, 6.07) is -0.372. The molecule has 1 fully saturated rings. The Morgan fingerprint density at radius 2 is 2.18 bits per heavy atom. The molecule has 0 radical (unpaired) electrons. The topological polar surface area (TPSA) is 69.6 Å². The van der Waals surface area contributed by atoms with Gasteiger partial charge in [-0.15, -0.1) is 0 Å². The van der Waals surface area contributed by atoms with Crippen LogP contribution in [0.15, 0.2) is 0 Å². The lowest BCUT2D eigenvalue weighted by Crippen LogP contribution is -2.46. The fraction of sp³-hybridized carbons (Fsp3) is 0.833. The van der Waals surface area contributed by atoms with Crippen LogP contribution in [-0.2, 0) is 9.59 Å². The molecule has 1 rings (SSSR count). The van der Waals surface area contributed by atoms with E-state index in [1.54, 1.807) is 4.90 Å². The Hall–Kier alpha value is -1.10. The zero-order chi connectivity index (χ0) is 13.0. The fourth-order valence-electron chi connectivity index (χ4n) is 2.21. The predicted octanol–water partition coefficient (Wildman–Crippen LogP) is 0.696. The third-order valence-corrected chi connectivity index (χ3v) is 3.42. The Balaban J connectivity index is 2.50. The molecule has 0 bridgehead atoms. The second-order valence-electron chi connectivity index (χ2n) is 4.90. The fourth-order valence-corrected chi connectivity index (χ4v) is 2.21. The van der Waals surface area contributed by atoms with Crippen molar-refractivity contribution in [1.82, 2.24) is 10.2 Å². The summed E-state index contributed by atoms with van der Waals surface area (Å²) in [5.74, 6) is -0.796. The molecule has 5 nitrogen and oxygen atoms in total. The molecule has 0 aliphatic carbocycles. The van der Waals surface area contributed by atoms with Gasteiger partial charge in [-0.3, -0.25) is 14.5 Å². The maximum atomic E-state index is 11.7. The SMILES string of the molecule is CCC(C)NC(=O)CN1CCC(C)C1C(=O)O. The van der Waals surface area contributed by atoms with Gasteiger partial charge in [0.2, 0.25) is 5.91 Å². The minimum atomic E-state index is -0.827. The smallest absolute Gasteiger partial charge is 0.321 e. The first-order chi connectivity index (χ1) is 7.95. The number of amides is 1. The first-order valence-corrected chi connectivity index (χ1v) is 6.22. The average Bonchev–Trinajstić information content (AvgIpc) is 2.59. The summed E-state index contributed by atoms with van der Waals surface area (Å²) in [6.45, 7) is 6.74. The van der Waals surface area contributed by atoms with Gasteiger partial charge in [0.05, 0.1) is 6.54 Å². The number of carboxylic acid groups (broad SMARTS) is 1. The van der Waals surface area contributed by atoms with Crippen molar-refractivity contribution in [3.8, 4) is 0 Å². The van der Waals surface area contributed by atoms with Crippen molar-refractivity contribution in [2.75, 3.05) is 13.1 Å². The lowest BCUT2D eigenvalue weighted by molar-refractivity contribution is -0.143. The molecule has 0 aromatic heterocycles. The highest BCUT2D eigenvalue weighted by Gasteiger charge is 2.37. The van der Waals surface area contributed by atoms with Crippen LogP contribution in [0.5, 0.6) is 0 Å². The van der Waals surface area contributed by atoms with Crippen LogP contribution in [0, 0.1) is 5.92 Å². The molecule has 5 heteroatoms. The summed E-state index contributed by atoms with van der Waals surface area (Å²) in [5.41, 5.74) is 0. The maximum Gasteiger partial charge on any atom is 0.321 e. The molecule has 98 valence electrons. The number of hydrogen-bond acceptors (Lipinski definition) is 3. The molecule has 2 N–H and O–H groups in total. The molecule has 0 saturated carbocycles. The molecule has 1 amide bonds. The summed E-state index contributed by atoms with van der Waals surface area (Å²) in [7, 11) is 0. The van der Waals surface area contributed by atoms with Crippen molar-refractivity contribution in [1.29, 1.82) is 0 Å². The Kier molecular flexibility index (Phi) is 4.93. The van der Waals surface area contributed by atoms with Crippen LogP contribution in [0.25, 0.3) is 0 Å². The van der Waals surface area contributed by atoms with Crippen molar-refractivity contribution in [2.45, 2.75) is 45.7 Å². The summed E-state index contributed by atoms with van der Waals surface area (Å²) in [6.07, 6.45) is 1.72. The minimum absolute atomic E-state index is 0.0836. The number of likely N-dealkylation sites (tertiary alicyclic amines) is 1. The monoisotopic (exact) mass is 242 g/mol. The summed E-state index contributed by atoms with van der Waals surface area (Å²) in [4.78, 5) is 24.6. The number of carboxylic acids is 1. The van der Waals surface area contributed by atoms with E-state index in [0.717, 1.165) is 12.8 Å². The van der Waals surface area contributed by atoms with E-state index >= 15 is 0 Å². The van der Waals surface area contributed by atoms with Gasteiger partial charge in [-0.2, -0.15) is 0 Å². The van der Waals surface area contributed by atoms with Crippen LogP contribution >= 0.6 is 0 Å². The van der Waals surface area contributed by atoms with Crippen molar-refractivity contribution >= 4 is 11.9 Å². The van der Waals surface area contributed by atoms with Crippen molar-refractivity contribution in [3.63, 3.8) is 0 Å². The third-order valence-electron chi connectivity index (χ3n) is 3.42. The number of rotatable bonds is 5. The molecule has 1 aliphatic heterocycles. The second kappa shape index (κ2) is 6.00. The van der Waals surface area contributed by atoms with E-state index in [1.807, 2.05) is 20.8 Å². The standard InChI is InChI=1S/C12H22N2O3/c1-4-9(3)13-10(15)7-14-6-5-8(2)11(14)12(16)17/h8-9,11H,4-7H2,1-3H3,(H,13,15)(H,16,17). The van der Waals surface area contributed by atoms with Gasteiger partial charge in [0.15, 0.2) is 0 Å². The molecular weight excluding hydrogens is 220 g/mol. The quantitative estimate of drug-likeness (QED) is 0.744. The highest BCUT2D eigenvalue weighted by molar-refractivity contribution is 5.80. The lowest BCUT2D eigenvalue weighted by Gasteiger charge is -2.23. The molecule has 0 aromatic carbocycles. The Morgan fingerprint density at radius 1 is 1.53 bits per heavy atom. The van der Waals surface area contributed by atoms with E-state index in [2.05, 4.69) is 5.32 Å². The van der Waals surface area contributed by atoms with Crippen LogP contribution in [0.2, 0.25) is 0 Å². The number of nitrogens with zero attached hydrogens (tertiary/aromatic N) is 1. The Bertz CT molecular complexity index is 293. The zero-order valence-corrected chi connectivity index (χ0v) is 10.8. The summed E-state index contributed by atoms with van der Waals surface area (Å²) >= 11 is 0. The van der Waals surface area contributed by atoms with Gasteiger partial charge in [-0.05, 0) is 32.2 Å². The molecule has 0 aromatic rings. The zero-order valence-electron chi connectivity index (χ0n) is 10.8. The molecule has 1 heterocycles. The first-order valence-electron chi connectivity index (χ1n) is 6.22. The van der Waals surface area contributed by atoms with E-state index in [1.165, 1.54) is 0 Å². The van der Waals surface area contributed by atoms with Crippen molar-refractivity contribution < 1.29 is 14.7 Å². The van der Waals surface area contributed by atoms with Crippen LogP contribution in [-0.4, -0.2) is 47.1 Å². The molecule has 1 saturated heterocycles. The molecule has 3 unspecified atom stereocenters. The summed E-state index contributed by atoms with van der Waals surface area (Å²) in [5, 5.41) is 12.0. The maximum absolute atomic E-state index is 11.7. The number of carbonyl (C=O) groups is 2. The van der Waals surface area contributed by atoms with Gasteiger partial charge in [-0.25, -0.2) is 0 Å². The minimum Gasteiger partial charge on any atom is -0.480 e. The van der Waals surface area contributed by atoms with Crippen molar-refractivity contribution in [3.05, 3.63) is 0 Å². The number of aliphatic carboxylic acids is 1. The van der Waals surface area contributed by atoms with Crippen LogP contribution < -0.4 is 5.32 Å². The van der Waals surface area contributed by atoms with Crippen LogP contribution in [0.1, 0.15) is 33.6 Å². The molecular formula is C12H22N2O3. The molecule has 0 spiro atoms. The number of nitrogens with one attached hydrogen (secondary N) is 1. The number of carbonyl (C=O) groups excluding carboxylic acids is 1. The Labute approximate surface area is 102 Å². The normalized spacial score (nSPS) is 26.8. The third kappa shape index (κ3) is 3.70. The first kappa shape index (κ1) is 14.0. The summed E-state index contributed by atoms with van der Waals surface area (Å²) < 4.78 is 0.